The summed E-state index contributed by atoms with van der Waals surface area (Å²) >= 11 is 0. The summed E-state index contributed by atoms with van der Waals surface area (Å²) in [7, 11) is 1.55. The van der Waals surface area contributed by atoms with Gasteiger partial charge >= 0.3 is 6.09 Å². The molecule has 1 saturated heterocycles. The second kappa shape index (κ2) is 9.59. The lowest BCUT2D eigenvalue weighted by atomic mass is 9.94. The highest BCUT2D eigenvalue weighted by atomic mass is 16.6. The van der Waals surface area contributed by atoms with Crippen LogP contribution in [0.4, 0.5) is 4.79 Å². The molecule has 6 nitrogen and oxygen atoms in total. The van der Waals surface area contributed by atoms with Gasteiger partial charge in [-0.1, -0.05) is 61.5 Å². The monoisotopic (exact) mass is 409 g/mol. The van der Waals surface area contributed by atoms with Crippen LogP contribution in [0, 0.1) is 5.92 Å². The third-order valence-corrected chi connectivity index (χ3v) is 5.30. The molecule has 158 valence electrons. The molecule has 2 aromatic rings. The van der Waals surface area contributed by atoms with E-state index in [2.05, 4.69) is 0 Å². The van der Waals surface area contributed by atoms with Gasteiger partial charge in [-0.25, -0.2) is 9.69 Å². The highest BCUT2D eigenvalue weighted by Gasteiger charge is 2.38. The molecule has 3 atom stereocenters. The van der Waals surface area contributed by atoms with E-state index in [1.165, 1.54) is 4.90 Å². The van der Waals surface area contributed by atoms with Gasteiger partial charge in [0.2, 0.25) is 0 Å². The molecule has 0 spiro atoms. The van der Waals surface area contributed by atoms with Gasteiger partial charge in [-0.2, -0.15) is 0 Å². The van der Waals surface area contributed by atoms with Crippen molar-refractivity contribution in [2.24, 2.45) is 5.92 Å². The Hall–Kier alpha value is -3.12. The minimum absolute atomic E-state index is 0.173. The number of hydrogen-bond acceptors (Lipinski definition) is 5. The number of para-hydroxylation sites is 1. The zero-order chi connectivity index (χ0) is 21.7. The number of imide groups is 1. The Bertz CT molecular complexity index is 924. The van der Waals surface area contributed by atoms with Crippen LogP contribution >= 0.6 is 0 Å². The summed E-state index contributed by atoms with van der Waals surface area (Å²) in [5.74, 6) is -0.186. The molecule has 3 rings (SSSR count). The largest absolute Gasteiger partial charge is 0.496 e. The van der Waals surface area contributed by atoms with Crippen LogP contribution in [0.3, 0.4) is 0 Å². The van der Waals surface area contributed by atoms with E-state index < -0.39 is 18.1 Å². The van der Waals surface area contributed by atoms with E-state index in [0.717, 1.165) is 5.56 Å². The first-order chi connectivity index (χ1) is 14.4. The van der Waals surface area contributed by atoms with Gasteiger partial charge in [0.05, 0.1) is 19.3 Å². The van der Waals surface area contributed by atoms with Crippen molar-refractivity contribution in [1.82, 2.24) is 4.90 Å². The molecule has 0 aromatic heterocycles. The van der Waals surface area contributed by atoms with E-state index in [9.17, 15) is 14.7 Å². The third-order valence-electron chi connectivity index (χ3n) is 5.30. The predicted octanol–water partition coefficient (Wildman–Crippen LogP) is 3.90. The molecule has 0 unspecified atom stereocenters. The number of rotatable bonds is 7. The summed E-state index contributed by atoms with van der Waals surface area (Å²) in [6.07, 6.45) is 0.733. The van der Waals surface area contributed by atoms with Gasteiger partial charge in [-0.3, -0.25) is 4.79 Å². The zero-order valence-electron chi connectivity index (χ0n) is 17.4. The lowest BCUT2D eigenvalue weighted by Gasteiger charge is -2.22. The number of hydrogen-bond donors (Lipinski definition) is 1. The van der Waals surface area contributed by atoms with Crippen molar-refractivity contribution in [1.29, 1.82) is 0 Å². The molecule has 0 saturated carbocycles. The van der Waals surface area contributed by atoms with Gasteiger partial charge in [0.25, 0.3) is 5.91 Å². The molecule has 2 amide bonds. The number of benzene rings is 2. The Morgan fingerprint density at radius 3 is 2.60 bits per heavy atom. The number of ether oxygens (including phenoxy) is 2. The van der Waals surface area contributed by atoms with E-state index in [1.54, 1.807) is 32.2 Å². The van der Waals surface area contributed by atoms with Gasteiger partial charge in [0.15, 0.2) is 0 Å². The van der Waals surface area contributed by atoms with Crippen molar-refractivity contribution in [2.75, 3.05) is 13.7 Å². The SMILES string of the molecule is COc1ccccc1[C@H](O)[C@@H](C)/C=C(\C)C(=O)N1C(=O)OC[C@@H]1Cc1ccccc1. The van der Waals surface area contributed by atoms with Crippen LogP contribution in [-0.4, -0.2) is 41.8 Å². The summed E-state index contributed by atoms with van der Waals surface area (Å²) in [5.41, 5.74) is 2.06. The van der Waals surface area contributed by atoms with Crippen LogP contribution in [0.1, 0.15) is 31.1 Å². The summed E-state index contributed by atoms with van der Waals surface area (Å²) < 4.78 is 10.5. The molecule has 1 aliphatic heterocycles. The van der Waals surface area contributed by atoms with Gasteiger partial charge in [-0.15, -0.1) is 0 Å². The van der Waals surface area contributed by atoms with Crippen LogP contribution in [0.2, 0.25) is 0 Å². The molecule has 0 aliphatic carbocycles. The van der Waals surface area contributed by atoms with E-state index in [4.69, 9.17) is 9.47 Å². The number of nitrogens with zero attached hydrogens (tertiary/aromatic N) is 1. The van der Waals surface area contributed by atoms with Crippen LogP contribution < -0.4 is 4.74 Å². The average Bonchev–Trinajstić information content (AvgIpc) is 3.12. The van der Waals surface area contributed by atoms with Crippen molar-refractivity contribution in [3.8, 4) is 5.75 Å². The topological polar surface area (TPSA) is 76.1 Å². The average molecular weight is 409 g/mol. The summed E-state index contributed by atoms with van der Waals surface area (Å²) in [4.78, 5) is 26.4. The standard InChI is InChI=1S/C24H27NO5/c1-16(22(26)20-11-7-8-12-21(20)29-3)13-17(2)23(27)25-19(15-30-24(25)28)14-18-9-5-4-6-10-18/h4-13,16,19,22,26H,14-15H2,1-3H3/b17-13+/t16-,19-,22+/m0/s1. The molecular weight excluding hydrogens is 382 g/mol. The fourth-order valence-electron chi connectivity index (χ4n) is 3.69. The number of methoxy groups -OCH3 is 1. The van der Waals surface area contributed by atoms with Crippen molar-refractivity contribution in [3.05, 3.63) is 77.4 Å². The Labute approximate surface area is 176 Å². The number of amides is 2. The zero-order valence-corrected chi connectivity index (χ0v) is 17.4. The van der Waals surface area contributed by atoms with E-state index in [0.29, 0.717) is 23.3 Å². The lowest BCUT2D eigenvalue weighted by Crippen LogP contribution is -2.40. The maximum Gasteiger partial charge on any atom is 0.417 e. The number of aliphatic hydroxyl groups is 1. The van der Waals surface area contributed by atoms with Gasteiger partial charge in [0, 0.05) is 17.1 Å². The summed E-state index contributed by atoms with van der Waals surface area (Å²) in [5, 5.41) is 10.8. The maximum atomic E-state index is 13.0. The molecule has 0 bridgehead atoms. The molecule has 2 aromatic carbocycles. The Balaban J connectivity index is 1.75. The minimum Gasteiger partial charge on any atom is -0.496 e. The fraction of sp³-hybridized carbons (Fsp3) is 0.333. The van der Waals surface area contributed by atoms with E-state index in [1.807, 2.05) is 49.4 Å². The predicted molar refractivity (Wildman–Crippen MR) is 113 cm³/mol. The van der Waals surface area contributed by atoms with Crippen LogP contribution in [0.25, 0.3) is 0 Å². The number of carbonyl (C=O) groups is 2. The first kappa shape index (κ1) is 21.6. The molecule has 0 radical (unpaired) electrons. The highest BCUT2D eigenvalue weighted by Crippen LogP contribution is 2.31. The lowest BCUT2D eigenvalue weighted by molar-refractivity contribution is -0.125. The normalized spacial score (nSPS) is 18.7. The first-order valence-electron chi connectivity index (χ1n) is 9.96. The molecular formula is C24H27NO5. The Morgan fingerprint density at radius 1 is 1.23 bits per heavy atom. The van der Waals surface area contributed by atoms with E-state index in [-0.39, 0.29) is 18.6 Å². The summed E-state index contributed by atoms with van der Waals surface area (Å²) in [6.45, 7) is 3.64. The van der Waals surface area contributed by atoms with Gasteiger partial charge in [-0.05, 0) is 25.0 Å². The third kappa shape index (κ3) is 4.71. The van der Waals surface area contributed by atoms with Gasteiger partial charge in [0.1, 0.15) is 12.4 Å². The first-order valence-corrected chi connectivity index (χ1v) is 9.96. The second-order valence-electron chi connectivity index (χ2n) is 7.49. The minimum atomic E-state index is -0.852. The van der Waals surface area contributed by atoms with Gasteiger partial charge < -0.3 is 14.6 Å². The second-order valence-corrected chi connectivity index (χ2v) is 7.49. The highest BCUT2D eigenvalue weighted by molar-refractivity contribution is 6.03. The molecule has 1 heterocycles. The van der Waals surface area contributed by atoms with Crippen LogP contribution in [0.15, 0.2) is 66.2 Å². The molecule has 1 aliphatic rings. The van der Waals surface area contributed by atoms with Crippen molar-refractivity contribution in [2.45, 2.75) is 32.4 Å². The fourth-order valence-corrected chi connectivity index (χ4v) is 3.69. The smallest absolute Gasteiger partial charge is 0.417 e. The molecule has 1 fully saturated rings. The number of carbonyl (C=O) groups excluding carboxylic acids is 2. The van der Waals surface area contributed by atoms with E-state index >= 15 is 0 Å². The number of aliphatic hydroxyl groups excluding tert-OH is 1. The maximum absolute atomic E-state index is 13.0. The number of cyclic esters (lactones) is 1. The summed E-state index contributed by atoms with van der Waals surface area (Å²) in [6, 6.07) is 16.5. The Kier molecular flexibility index (Phi) is 6.90. The quantitative estimate of drug-likeness (QED) is 0.702. The van der Waals surface area contributed by atoms with Crippen molar-refractivity contribution < 1.29 is 24.2 Å². The van der Waals surface area contributed by atoms with Crippen LogP contribution in [0.5, 0.6) is 5.75 Å². The molecule has 30 heavy (non-hydrogen) atoms. The van der Waals surface area contributed by atoms with Crippen LogP contribution in [-0.2, 0) is 16.0 Å². The Morgan fingerprint density at radius 2 is 1.90 bits per heavy atom. The molecule has 6 heteroatoms. The van der Waals surface area contributed by atoms with Crippen molar-refractivity contribution >= 4 is 12.0 Å². The molecule has 1 N–H and O–H groups in total. The van der Waals surface area contributed by atoms with Crippen molar-refractivity contribution in [3.63, 3.8) is 0 Å².